The maximum Gasteiger partial charge on any atom is 0.338 e. The Labute approximate surface area is 181 Å². The van der Waals surface area contributed by atoms with E-state index >= 15 is 0 Å². The van der Waals surface area contributed by atoms with Gasteiger partial charge in [0.05, 0.1) is 11.1 Å². The number of fused-ring (bicyclic) bond motifs is 1. The van der Waals surface area contributed by atoms with E-state index in [1.54, 1.807) is 6.07 Å². The molecule has 0 bridgehead atoms. The Bertz CT molecular complexity index is 1060. The average molecular weight is 426 g/mol. The molecule has 7 heteroatoms. The van der Waals surface area contributed by atoms with Gasteiger partial charge in [-0.1, -0.05) is 17.7 Å². The second-order valence-electron chi connectivity index (χ2n) is 8.98. The van der Waals surface area contributed by atoms with Gasteiger partial charge in [0.1, 0.15) is 11.1 Å². The molecule has 0 saturated heterocycles. The van der Waals surface area contributed by atoms with Crippen LogP contribution in [0, 0.1) is 25.2 Å². The van der Waals surface area contributed by atoms with Gasteiger partial charge in [0.25, 0.3) is 5.91 Å². The Hall–Kier alpha value is -2.69. The molecule has 30 heavy (non-hydrogen) atoms. The van der Waals surface area contributed by atoms with Gasteiger partial charge in [0, 0.05) is 16.0 Å². The lowest BCUT2D eigenvalue weighted by atomic mass is 9.81. The molecule has 1 aliphatic rings. The monoisotopic (exact) mass is 425 g/mol. The second-order valence-corrected chi connectivity index (χ2v) is 10.00. The van der Waals surface area contributed by atoms with Crippen molar-refractivity contribution in [1.29, 1.82) is 5.26 Å². The van der Waals surface area contributed by atoms with E-state index in [4.69, 9.17) is 4.74 Å². The molecule has 0 radical (unpaired) electrons. The van der Waals surface area contributed by atoms with Crippen LogP contribution in [-0.2, 0) is 21.5 Å². The van der Waals surface area contributed by atoms with Crippen molar-refractivity contribution in [2.45, 2.75) is 59.0 Å². The van der Waals surface area contributed by atoms with Crippen molar-refractivity contribution in [2.24, 2.45) is 0 Å². The molecule has 0 aliphatic carbocycles. The fourth-order valence-electron chi connectivity index (χ4n) is 4.15. The molecule has 0 spiro atoms. The number of carbonyl (C=O) groups excluding carboxylic acids is 2. The Kier molecular flexibility index (Phi) is 5.76. The summed E-state index contributed by atoms with van der Waals surface area (Å²) in [7, 11) is 0. The molecule has 1 aliphatic heterocycles. The van der Waals surface area contributed by atoms with Crippen molar-refractivity contribution in [3.05, 3.63) is 50.9 Å². The minimum atomic E-state index is -0.541. The third kappa shape index (κ3) is 4.40. The average Bonchev–Trinajstić information content (AvgIpc) is 2.95. The van der Waals surface area contributed by atoms with Crippen molar-refractivity contribution in [3.63, 3.8) is 0 Å². The third-order valence-corrected chi connectivity index (χ3v) is 6.62. The quantitative estimate of drug-likeness (QED) is 0.717. The van der Waals surface area contributed by atoms with Gasteiger partial charge >= 0.3 is 5.97 Å². The molecule has 2 heterocycles. The first kappa shape index (κ1) is 22.0. The lowest BCUT2D eigenvalue weighted by molar-refractivity contribution is -0.119. The molecule has 0 fully saturated rings. The lowest BCUT2D eigenvalue weighted by Crippen LogP contribution is -2.54. The number of aryl methyl sites for hydroxylation is 2. The SMILES string of the molecule is Cc1ccc(C(=O)OCC(=O)Nc2sc3c(c2C#N)CC(C)(C)NC3(C)C)c(C)c1. The van der Waals surface area contributed by atoms with E-state index in [0.29, 0.717) is 22.5 Å². The largest absolute Gasteiger partial charge is 0.452 e. The number of nitrogens with zero attached hydrogens (tertiary/aromatic N) is 1. The molecule has 0 unspecified atom stereocenters. The topological polar surface area (TPSA) is 91.2 Å². The Morgan fingerprint density at radius 3 is 2.60 bits per heavy atom. The molecular formula is C23H27N3O3S. The molecule has 1 aromatic carbocycles. The summed E-state index contributed by atoms with van der Waals surface area (Å²) in [6, 6.07) is 7.67. The van der Waals surface area contributed by atoms with E-state index in [0.717, 1.165) is 21.6 Å². The van der Waals surface area contributed by atoms with Crippen LogP contribution in [0.4, 0.5) is 5.00 Å². The van der Waals surface area contributed by atoms with Crippen molar-refractivity contribution in [1.82, 2.24) is 5.32 Å². The number of nitrogens with one attached hydrogen (secondary N) is 2. The summed E-state index contributed by atoms with van der Waals surface area (Å²) in [5.41, 5.74) is 3.28. The summed E-state index contributed by atoms with van der Waals surface area (Å²) < 4.78 is 5.19. The summed E-state index contributed by atoms with van der Waals surface area (Å²) in [6.07, 6.45) is 0.697. The zero-order chi connectivity index (χ0) is 22.3. The first-order chi connectivity index (χ1) is 13.9. The maximum atomic E-state index is 12.5. The van der Waals surface area contributed by atoms with Crippen LogP contribution in [0.1, 0.15) is 65.2 Å². The van der Waals surface area contributed by atoms with Crippen LogP contribution in [0.15, 0.2) is 18.2 Å². The molecule has 2 N–H and O–H groups in total. The highest BCUT2D eigenvalue weighted by Crippen LogP contribution is 2.44. The molecule has 0 atom stereocenters. The van der Waals surface area contributed by atoms with Gasteiger partial charge in [-0.15, -0.1) is 11.3 Å². The van der Waals surface area contributed by atoms with Crippen LogP contribution in [0.3, 0.4) is 0 Å². The molecule has 158 valence electrons. The van der Waals surface area contributed by atoms with Crippen LogP contribution in [0.2, 0.25) is 0 Å². The summed E-state index contributed by atoms with van der Waals surface area (Å²) in [5.74, 6) is -1.01. The zero-order valence-corrected chi connectivity index (χ0v) is 19.0. The highest BCUT2D eigenvalue weighted by Gasteiger charge is 2.40. The van der Waals surface area contributed by atoms with Crippen LogP contribution in [0.5, 0.6) is 0 Å². The number of esters is 1. The fraction of sp³-hybridized carbons (Fsp3) is 0.435. The highest BCUT2D eigenvalue weighted by atomic mass is 32.1. The fourth-order valence-corrected chi connectivity index (χ4v) is 5.39. The van der Waals surface area contributed by atoms with Gasteiger partial charge < -0.3 is 15.4 Å². The van der Waals surface area contributed by atoms with E-state index in [2.05, 4.69) is 44.4 Å². The number of thiophene rings is 1. The van der Waals surface area contributed by atoms with E-state index in [1.165, 1.54) is 11.3 Å². The predicted molar refractivity (Wildman–Crippen MR) is 118 cm³/mol. The molecule has 3 rings (SSSR count). The number of hydrogen-bond donors (Lipinski definition) is 2. The van der Waals surface area contributed by atoms with Gasteiger partial charge in [-0.2, -0.15) is 5.26 Å². The minimum absolute atomic E-state index is 0.161. The Balaban J connectivity index is 1.74. The summed E-state index contributed by atoms with van der Waals surface area (Å²) in [6.45, 7) is 11.7. The standard InChI is InChI=1S/C23H27N3O3S/c1-13-7-8-15(14(2)9-13)21(28)29-12-18(27)25-20-17(11-24)16-10-22(3,4)26-23(5,6)19(16)30-20/h7-9,26H,10,12H2,1-6H3,(H,25,27). The molecular weight excluding hydrogens is 398 g/mol. The van der Waals surface area contributed by atoms with Crippen molar-refractivity contribution < 1.29 is 14.3 Å². The lowest BCUT2D eigenvalue weighted by Gasteiger charge is -2.42. The Morgan fingerprint density at radius 2 is 1.97 bits per heavy atom. The highest BCUT2D eigenvalue weighted by molar-refractivity contribution is 7.17. The molecule has 1 aromatic heterocycles. The summed E-state index contributed by atoms with van der Waals surface area (Å²) in [4.78, 5) is 25.8. The van der Waals surface area contributed by atoms with E-state index < -0.39 is 18.5 Å². The van der Waals surface area contributed by atoms with Crippen LogP contribution >= 0.6 is 11.3 Å². The molecule has 2 aromatic rings. The number of hydrogen-bond acceptors (Lipinski definition) is 6. The number of anilines is 1. The predicted octanol–water partition coefficient (Wildman–Crippen LogP) is 4.19. The number of nitriles is 1. The number of carbonyl (C=O) groups is 2. The Morgan fingerprint density at radius 1 is 1.27 bits per heavy atom. The van der Waals surface area contributed by atoms with E-state index in [-0.39, 0.29) is 11.1 Å². The third-order valence-electron chi connectivity index (χ3n) is 5.15. The van der Waals surface area contributed by atoms with Gasteiger partial charge in [0.2, 0.25) is 0 Å². The van der Waals surface area contributed by atoms with E-state index in [1.807, 2.05) is 26.0 Å². The second kappa shape index (κ2) is 7.86. The summed E-state index contributed by atoms with van der Waals surface area (Å²) in [5, 5.41) is 16.6. The van der Waals surface area contributed by atoms with Crippen molar-refractivity contribution in [2.75, 3.05) is 11.9 Å². The zero-order valence-electron chi connectivity index (χ0n) is 18.2. The summed E-state index contributed by atoms with van der Waals surface area (Å²) >= 11 is 1.40. The van der Waals surface area contributed by atoms with Crippen LogP contribution in [-0.4, -0.2) is 24.0 Å². The minimum Gasteiger partial charge on any atom is -0.452 e. The normalized spacial score (nSPS) is 16.3. The van der Waals surface area contributed by atoms with E-state index in [9.17, 15) is 14.9 Å². The number of rotatable bonds is 4. The number of benzene rings is 1. The molecule has 1 amide bonds. The molecule has 0 saturated carbocycles. The van der Waals surface area contributed by atoms with Crippen LogP contribution < -0.4 is 10.6 Å². The van der Waals surface area contributed by atoms with Crippen molar-refractivity contribution in [3.8, 4) is 6.07 Å². The van der Waals surface area contributed by atoms with Crippen molar-refractivity contribution >= 4 is 28.2 Å². The number of amides is 1. The number of ether oxygens (including phenoxy) is 1. The first-order valence-corrected chi connectivity index (χ1v) is 10.6. The maximum absolute atomic E-state index is 12.5. The van der Waals surface area contributed by atoms with Gasteiger partial charge in [-0.3, -0.25) is 4.79 Å². The molecule has 6 nitrogen and oxygen atoms in total. The smallest absolute Gasteiger partial charge is 0.338 e. The van der Waals surface area contributed by atoms with Gasteiger partial charge in [-0.25, -0.2) is 4.79 Å². The van der Waals surface area contributed by atoms with Gasteiger partial charge in [-0.05, 0) is 65.2 Å². The van der Waals surface area contributed by atoms with Gasteiger partial charge in [0.15, 0.2) is 6.61 Å². The first-order valence-electron chi connectivity index (χ1n) is 9.83. The van der Waals surface area contributed by atoms with Crippen LogP contribution in [0.25, 0.3) is 0 Å².